The first kappa shape index (κ1) is 12.1. The van der Waals surface area contributed by atoms with Crippen molar-refractivity contribution in [2.24, 2.45) is 22.9 Å². The van der Waals surface area contributed by atoms with Crippen molar-refractivity contribution >= 4 is 11.6 Å². The van der Waals surface area contributed by atoms with Gasteiger partial charge in [-0.3, -0.25) is 4.79 Å². The molecule has 3 fully saturated rings. The molecule has 0 saturated heterocycles. The Morgan fingerprint density at radius 1 is 1.15 bits per heavy atom. The van der Waals surface area contributed by atoms with E-state index in [2.05, 4.69) is 22.7 Å². The molecule has 1 amide bonds. The van der Waals surface area contributed by atoms with Crippen molar-refractivity contribution in [3.63, 3.8) is 0 Å². The summed E-state index contributed by atoms with van der Waals surface area (Å²) in [6.45, 7) is 0. The zero-order chi connectivity index (χ0) is 13.5. The van der Waals surface area contributed by atoms with Crippen LogP contribution in [0.25, 0.3) is 0 Å². The van der Waals surface area contributed by atoms with Gasteiger partial charge >= 0.3 is 0 Å². The maximum Gasteiger partial charge on any atom is 0.243 e. The van der Waals surface area contributed by atoms with Crippen LogP contribution in [0.3, 0.4) is 0 Å². The lowest BCUT2D eigenvalue weighted by molar-refractivity contribution is -0.122. The van der Waals surface area contributed by atoms with E-state index in [4.69, 9.17) is 0 Å². The van der Waals surface area contributed by atoms with Crippen molar-refractivity contribution in [3.8, 4) is 0 Å². The summed E-state index contributed by atoms with van der Waals surface area (Å²) >= 11 is 0. The van der Waals surface area contributed by atoms with E-state index in [0.29, 0.717) is 11.8 Å². The highest BCUT2D eigenvalue weighted by Crippen LogP contribution is 2.47. The summed E-state index contributed by atoms with van der Waals surface area (Å²) in [6.07, 6.45) is 6.00. The highest BCUT2D eigenvalue weighted by Gasteiger charge is 2.44. The van der Waals surface area contributed by atoms with Crippen LogP contribution < -0.4 is 5.43 Å². The average Bonchev–Trinajstić information content (AvgIpc) is 3.03. The molecule has 4 atom stereocenters. The molecule has 0 spiro atoms. The normalized spacial score (nSPS) is 36.3. The van der Waals surface area contributed by atoms with Crippen molar-refractivity contribution in [1.29, 1.82) is 0 Å². The van der Waals surface area contributed by atoms with Gasteiger partial charge in [-0.1, -0.05) is 30.3 Å². The fraction of sp³-hybridized carbons (Fsp3) is 0.529. The molecule has 1 N–H and O–H groups in total. The van der Waals surface area contributed by atoms with Gasteiger partial charge in [0.2, 0.25) is 5.91 Å². The van der Waals surface area contributed by atoms with Crippen LogP contribution in [0.4, 0.5) is 0 Å². The summed E-state index contributed by atoms with van der Waals surface area (Å²) in [7, 11) is 0. The van der Waals surface area contributed by atoms with E-state index < -0.39 is 0 Å². The van der Waals surface area contributed by atoms with E-state index in [0.717, 1.165) is 18.8 Å². The van der Waals surface area contributed by atoms with Gasteiger partial charge in [0.05, 0.1) is 0 Å². The Hall–Kier alpha value is -1.64. The third kappa shape index (κ3) is 2.15. The Kier molecular flexibility index (Phi) is 2.86. The Balaban J connectivity index is 1.35. The molecule has 3 saturated carbocycles. The zero-order valence-corrected chi connectivity index (χ0v) is 11.6. The molecule has 2 bridgehead atoms. The first-order valence-corrected chi connectivity index (χ1v) is 7.72. The second-order valence-electron chi connectivity index (χ2n) is 6.52. The summed E-state index contributed by atoms with van der Waals surface area (Å²) in [5.41, 5.74) is 5.34. The first-order chi connectivity index (χ1) is 9.81. The molecule has 3 aliphatic carbocycles. The van der Waals surface area contributed by atoms with Crippen molar-refractivity contribution in [2.45, 2.75) is 38.0 Å². The van der Waals surface area contributed by atoms with Crippen LogP contribution in [0.2, 0.25) is 0 Å². The Labute approximate surface area is 119 Å². The highest BCUT2D eigenvalue weighted by molar-refractivity contribution is 5.91. The molecule has 3 nitrogen and oxygen atoms in total. The van der Waals surface area contributed by atoms with Crippen molar-refractivity contribution in [1.82, 2.24) is 5.43 Å². The van der Waals surface area contributed by atoms with Crippen LogP contribution in [0, 0.1) is 17.8 Å². The Bertz CT molecular complexity index is 551. The zero-order valence-electron chi connectivity index (χ0n) is 11.6. The number of amides is 1. The molecule has 0 aromatic heterocycles. The summed E-state index contributed by atoms with van der Waals surface area (Å²) in [5.74, 6) is 2.13. The van der Waals surface area contributed by atoms with Crippen LogP contribution in [-0.4, -0.2) is 11.6 Å². The molecule has 4 unspecified atom stereocenters. The summed E-state index contributed by atoms with van der Waals surface area (Å²) in [4.78, 5) is 12.1. The van der Waals surface area contributed by atoms with Crippen molar-refractivity contribution in [3.05, 3.63) is 35.9 Å². The first-order valence-electron chi connectivity index (χ1n) is 7.72. The van der Waals surface area contributed by atoms with Gasteiger partial charge in [-0.2, -0.15) is 5.10 Å². The Morgan fingerprint density at radius 3 is 2.70 bits per heavy atom. The number of hydrogen-bond acceptors (Lipinski definition) is 2. The van der Waals surface area contributed by atoms with E-state index in [1.807, 2.05) is 18.2 Å². The van der Waals surface area contributed by atoms with Gasteiger partial charge in [0.25, 0.3) is 0 Å². The van der Waals surface area contributed by atoms with Gasteiger partial charge < -0.3 is 0 Å². The molecule has 20 heavy (non-hydrogen) atoms. The molecule has 0 heterocycles. The minimum atomic E-state index is 0.106. The van der Waals surface area contributed by atoms with Gasteiger partial charge in [0, 0.05) is 11.6 Å². The molecule has 0 radical (unpaired) electrons. The molecule has 3 aliphatic rings. The van der Waals surface area contributed by atoms with E-state index in [1.54, 1.807) is 0 Å². The molecular formula is C17H20N2O. The standard InChI is InChI=1S/C17H20N2O/c20-17(15-10-14(15)12-4-2-1-3-5-12)19-18-16-9-11-6-7-13(16)8-11/h1-5,11,13-15H,6-10H2,(H,19,20). The topological polar surface area (TPSA) is 41.5 Å². The number of hydrazone groups is 1. The summed E-state index contributed by atoms with van der Waals surface area (Å²) in [6, 6.07) is 10.3. The maximum absolute atomic E-state index is 12.1. The lowest BCUT2D eigenvalue weighted by atomic mass is 9.99. The van der Waals surface area contributed by atoms with E-state index in [1.165, 1.54) is 30.5 Å². The molecule has 3 heteroatoms. The second kappa shape index (κ2) is 4.72. The van der Waals surface area contributed by atoms with Gasteiger partial charge in [-0.15, -0.1) is 0 Å². The van der Waals surface area contributed by atoms with Gasteiger partial charge in [-0.05, 0) is 55.4 Å². The van der Waals surface area contributed by atoms with Gasteiger partial charge in [-0.25, -0.2) is 5.43 Å². The minimum absolute atomic E-state index is 0.106. The van der Waals surface area contributed by atoms with Crippen molar-refractivity contribution in [2.75, 3.05) is 0 Å². The van der Waals surface area contributed by atoms with Crippen molar-refractivity contribution < 1.29 is 4.79 Å². The third-order valence-corrected chi connectivity index (χ3v) is 5.17. The van der Waals surface area contributed by atoms with Crippen LogP contribution in [0.5, 0.6) is 0 Å². The fourth-order valence-corrected chi connectivity index (χ4v) is 3.93. The van der Waals surface area contributed by atoms with E-state index in [9.17, 15) is 4.79 Å². The Morgan fingerprint density at radius 2 is 2.00 bits per heavy atom. The number of hydrogen-bond donors (Lipinski definition) is 1. The fourth-order valence-electron chi connectivity index (χ4n) is 3.93. The highest BCUT2D eigenvalue weighted by atomic mass is 16.2. The number of fused-ring (bicyclic) bond motifs is 2. The van der Waals surface area contributed by atoms with E-state index >= 15 is 0 Å². The van der Waals surface area contributed by atoms with Crippen LogP contribution in [0.15, 0.2) is 35.4 Å². The SMILES string of the molecule is O=C(NN=C1CC2CCC1C2)C1CC1c1ccccc1. The number of nitrogens with zero attached hydrogens (tertiary/aromatic N) is 1. The second-order valence-corrected chi connectivity index (χ2v) is 6.52. The predicted molar refractivity (Wildman–Crippen MR) is 78.3 cm³/mol. The predicted octanol–water partition coefficient (Wildman–Crippen LogP) is 3.08. The molecule has 1 aromatic rings. The average molecular weight is 268 g/mol. The van der Waals surface area contributed by atoms with Crippen LogP contribution in [-0.2, 0) is 4.79 Å². The van der Waals surface area contributed by atoms with Crippen LogP contribution in [0.1, 0.15) is 43.6 Å². The summed E-state index contributed by atoms with van der Waals surface area (Å²) in [5, 5.41) is 4.41. The molecule has 4 rings (SSSR count). The lowest BCUT2D eigenvalue weighted by Gasteiger charge is -2.11. The molecular weight excluding hydrogens is 248 g/mol. The van der Waals surface area contributed by atoms with Gasteiger partial charge in [0.15, 0.2) is 0 Å². The molecule has 0 aliphatic heterocycles. The van der Waals surface area contributed by atoms with Gasteiger partial charge in [0.1, 0.15) is 0 Å². The van der Waals surface area contributed by atoms with Crippen LogP contribution >= 0.6 is 0 Å². The quantitative estimate of drug-likeness (QED) is 0.841. The number of nitrogens with one attached hydrogen (secondary N) is 1. The minimum Gasteiger partial charge on any atom is -0.273 e. The molecule has 104 valence electrons. The largest absolute Gasteiger partial charge is 0.273 e. The number of benzene rings is 1. The lowest BCUT2D eigenvalue weighted by Crippen LogP contribution is -2.23. The smallest absolute Gasteiger partial charge is 0.243 e. The molecule has 1 aromatic carbocycles. The number of carbonyl (C=O) groups excluding carboxylic acids is 1. The third-order valence-electron chi connectivity index (χ3n) is 5.17. The number of carbonyl (C=O) groups is 1. The monoisotopic (exact) mass is 268 g/mol. The maximum atomic E-state index is 12.1. The summed E-state index contributed by atoms with van der Waals surface area (Å²) < 4.78 is 0. The van der Waals surface area contributed by atoms with E-state index in [-0.39, 0.29) is 11.8 Å². The number of rotatable bonds is 3.